The minimum absolute atomic E-state index is 0.723. The summed E-state index contributed by atoms with van der Waals surface area (Å²) in [5, 5.41) is 11.3. The van der Waals surface area contributed by atoms with Crippen LogP contribution in [0.25, 0.3) is 5.69 Å². The maximum atomic E-state index is 5.14. The van der Waals surface area contributed by atoms with Crippen LogP contribution in [-0.2, 0) is 0 Å². The lowest BCUT2D eigenvalue weighted by molar-refractivity contribution is 0.409. The molecule has 0 atom stereocenters. The second kappa shape index (κ2) is 3.22. The molecule has 5 heteroatoms. The lowest BCUT2D eigenvalue weighted by Crippen LogP contribution is -2.01. The van der Waals surface area contributed by atoms with Gasteiger partial charge in [-0.05, 0) is 17.3 Å². The molecule has 1 aromatic heterocycles. The van der Waals surface area contributed by atoms with Crippen molar-refractivity contribution in [2.75, 3.05) is 7.11 Å². The molecule has 0 spiro atoms. The van der Waals surface area contributed by atoms with Gasteiger partial charge in [0.1, 0.15) is 11.4 Å². The maximum Gasteiger partial charge on any atom is 0.162 e. The quantitative estimate of drug-likeness (QED) is 0.674. The molecule has 1 aromatic carbocycles. The number of methoxy groups -OCH3 is 1. The molecule has 0 bridgehead atoms. The number of nitrogens with zero attached hydrogens (tertiary/aromatic N) is 4. The number of hydrogen-bond donors (Lipinski definition) is 0. The van der Waals surface area contributed by atoms with E-state index in [0.29, 0.717) is 0 Å². The molecule has 2 rings (SSSR count). The summed E-state index contributed by atoms with van der Waals surface area (Å²) in [6.45, 7) is 0. The van der Waals surface area contributed by atoms with Crippen LogP contribution in [0.5, 0.6) is 5.75 Å². The minimum atomic E-state index is 0.723. The Bertz CT molecular complexity index is 385. The molecule has 0 saturated heterocycles. The van der Waals surface area contributed by atoms with Crippen LogP contribution in [0.3, 0.4) is 0 Å². The summed E-state index contributed by atoms with van der Waals surface area (Å²) in [4.78, 5) is 1.42. The predicted octanol–water partition coefficient (Wildman–Crippen LogP) is 0.671. The van der Waals surface area contributed by atoms with Crippen molar-refractivity contribution in [1.82, 2.24) is 20.2 Å². The molecule has 2 aromatic rings. The zero-order valence-electron chi connectivity index (χ0n) is 7.08. The van der Waals surface area contributed by atoms with Crippen molar-refractivity contribution >= 4 is 0 Å². The van der Waals surface area contributed by atoms with Gasteiger partial charge in [0, 0.05) is 0 Å². The van der Waals surface area contributed by atoms with E-state index in [1.54, 1.807) is 7.11 Å². The van der Waals surface area contributed by atoms with Crippen molar-refractivity contribution in [3.63, 3.8) is 0 Å². The average molecular weight is 176 g/mol. The fourth-order valence-electron chi connectivity index (χ4n) is 1.07. The average Bonchev–Trinajstić information content (AvgIpc) is 2.70. The largest absolute Gasteiger partial charge is 0.494 e. The molecule has 5 nitrogen and oxygen atoms in total. The van der Waals surface area contributed by atoms with E-state index >= 15 is 0 Å². The lowest BCUT2D eigenvalue weighted by atomic mass is 10.3. The standard InChI is InChI=1S/C8H8N4O/c1-13-8-5-3-2-4-7(8)12-10-6-9-11-12/h2-6H,1H3. The SMILES string of the molecule is COc1ccccc1-n1ncnn1. The molecule has 0 aliphatic heterocycles. The van der Waals surface area contributed by atoms with E-state index in [0.717, 1.165) is 11.4 Å². The summed E-state index contributed by atoms with van der Waals surface area (Å²) in [6, 6.07) is 7.49. The van der Waals surface area contributed by atoms with E-state index in [9.17, 15) is 0 Å². The van der Waals surface area contributed by atoms with E-state index in [-0.39, 0.29) is 0 Å². The molecule has 66 valence electrons. The highest BCUT2D eigenvalue weighted by Gasteiger charge is 2.04. The fraction of sp³-hybridized carbons (Fsp3) is 0.125. The van der Waals surface area contributed by atoms with E-state index < -0.39 is 0 Å². The van der Waals surface area contributed by atoms with Crippen LogP contribution in [0.2, 0.25) is 0 Å². The van der Waals surface area contributed by atoms with Gasteiger partial charge in [0.15, 0.2) is 6.33 Å². The summed E-state index contributed by atoms with van der Waals surface area (Å²) in [5.74, 6) is 0.723. The van der Waals surface area contributed by atoms with Crippen molar-refractivity contribution in [3.8, 4) is 11.4 Å². The van der Waals surface area contributed by atoms with Crippen molar-refractivity contribution < 1.29 is 4.74 Å². The van der Waals surface area contributed by atoms with Crippen molar-refractivity contribution in [1.29, 1.82) is 0 Å². The van der Waals surface area contributed by atoms with Gasteiger partial charge in [-0.3, -0.25) is 0 Å². The highest BCUT2D eigenvalue weighted by Crippen LogP contribution is 2.19. The molecule has 0 N–H and O–H groups in total. The van der Waals surface area contributed by atoms with Gasteiger partial charge in [-0.1, -0.05) is 12.1 Å². The Morgan fingerprint density at radius 1 is 1.31 bits per heavy atom. The van der Waals surface area contributed by atoms with E-state index in [4.69, 9.17) is 4.74 Å². The third-order valence-electron chi connectivity index (χ3n) is 1.65. The summed E-state index contributed by atoms with van der Waals surface area (Å²) in [5.41, 5.74) is 0.780. The summed E-state index contributed by atoms with van der Waals surface area (Å²) >= 11 is 0. The third kappa shape index (κ3) is 1.35. The van der Waals surface area contributed by atoms with Gasteiger partial charge in [-0.2, -0.15) is 0 Å². The van der Waals surface area contributed by atoms with Crippen LogP contribution < -0.4 is 4.74 Å². The first kappa shape index (κ1) is 7.72. The predicted molar refractivity (Wildman–Crippen MR) is 45.7 cm³/mol. The number of aromatic nitrogens is 4. The first-order valence-electron chi connectivity index (χ1n) is 3.78. The Morgan fingerprint density at radius 2 is 2.15 bits per heavy atom. The van der Waals surface area contributed by atoms with Gasteiger partial charge in [0.2, 0.25) is 0 Å². The van der Waals surface area contributed by atoms with Gasteiger partial charge < -0.3 is 4.74 Å². The van der Waals surface area contributed by atoms with Gasteiger partial charge in [0.25, 0.3) is 0 Å². The number of benzene rings is 1. The topological polar surface area (TPSA) is 52.8 Å². The molecular weight excluding hydrogens is 168 g/mol. The summed E-state index contributed by atoms with van der Waals surface area (Å²) in [7, 11) is 1.61. The second-order valence-electron chi connectivity index (χ2n) is 2.40. The molecule has 0 amide bonds. The smallest absolute Gasteiger partial charge is 0.162 e. The summed E-state index contributed by atoms with van der Waals surface area (Å²) < 4.78 is 5.14. The zero-order valence-corrected chi connectivity index (χ0v) is 7.08. The van der Waals surface area contributed by atoms with Crippen LogP contribution in [0.15, 0.2) is 30.6 Å². The fourth-order valence-corrected chi connectivity index (χ4v) is 1.07. The van der Waals surface area contributed by atoms with Crippen molar-refractivity contribution in [2.24, 2.45) is 0 Å². The first-order chi connectivity index (χ1) is 6.42. The molecule has 0 radical (unpaired) electrons. The first-order valence-corrected chi connectivity index (χ1v) is 3.78. The Balaban J connectivity index is 2.51. The monoisotopic (exact) mass is 176 g/mol. The molecule has 0 fully saturated rings. The Kier molecular flexibility index (Phi) is 1.91. The number of para-hydroxylation sites is 2. The molecule has 1 heterocycles. The van der Waals surface area contributed by atoms with E-state index in [1.165, 1.54) is 11.1 Å². The van der Waals surface area contributed by atoms with Crippen molar-refractivity contribution in [3.05, 3.63) is 30.6 Å². The van der Waals surface area contributed by atoms with Crippen LogP contribution >= 0.6 is 0 Å². The Morgan fingerprint density at radius 3 is 2.85 bits per heavy atom. The molecule has 0 saturated carbocycles. The van der Waals surface area contributed by atoms with Crippen LogP contribution in [0, 0.1) is 0 Å². The summed E-state index contributed by atoms with van der Waals surface area (Å²) in [6.07, 6.45) is 1.38. The van der Waals surface area contributed by atoms with E-state index in [2.05, 4.69) is 15.4 Å². The van der Waals surface area contributed by atoms with Crippen molar-refractivity contribution in [2.45, 2.75) is 0 Å². The normalized spacial score (nSPS) is 9.92. The number of ether oxygens (including phenoxy) is 1. The maximum absolute atomic E-state index is 5.14. The molecule has 0 unspecified atom stereocenters. The Labute approximate surface area is 75.0 Å². The Hall–Kier alpha value is -1.91. The van der Waals surface area contributed by atoms with Crippen LogP contribution in [0.1, 0.15) is 0 Å². The van der Waals surface area contributed by atoms with Gasteiger partial charge in [-0.15, -0.1) is 15.0 Å². The lowest BCUT2D eigenvalue weighted by Gasteiger charge is -2.04. The zero-order chi connectivity index (χ0) is 9.10. The molecule has 13 heavy (non-hydrogen) atoms. The van der Waals surface area contributed by atoms with Gasteiger partial charge in [-0.25, -0.2) is 0 Å². The highest BCUT2D eigenvalue weighted by molar-refractivity contribution is 5.44. The van der Waals surface area contributed by atoms with E-state index in [1.807, 2.05) is 24.3 Å². The van der Waals surface area contributed by atoms with Gasteiger partial charge >= 0.3 is 0 Å². The minimum Gasteiger partial charge on any atom is -0.494 e. The highest BCUT2D eigenvalue weighted by atomic mass is 16.5. The van der Waals surface area contributed by atoms with Crippen LogP contribution in [-0.4, -0.2) is 27.3 Å². The van der Waals surface area contributed by atoms with Gasteiger partial charge in [0.05, 0.1) is 7.11 Å². The number of rotatable bonds is 2. The molecular formula is C8H8N4O. The number of hydrogen-bond acceptors (Lipinski definition) is 4. The number of tetrazole rings is 1. The third-order valence-corrected chi connectivity index (χ3v) is 1.65. The second-order valence-corrected chi connectivity index (χ2v) is 2.40. The molecule has 0 aliphatic rings. The van der Waals surface area contributed by atoms with Crippen LogP contribution in [0.4, 0.5) is 0 Å². The molecule has 0 aliphatic carbocycles.